The topological polar surface area (TPSA) is 88.7 Å². The molecule has 1 heterocycles. The van der Waals surface area contributed by atoms with Crippen molar-refractivity contribution in [2.75, 3.05) is 6.61 Å². The molecule has 0 amide bonds. The first-order chi connectivity index (χ1) is 14.0. The van der Waals surface area contributed by atoms with Crippen LogP contribution in [0.15, 0.2) is 24.4 Å². The van der Waals surface area contributed by atoms with Crippen LogP contribution in [0.2, 0.25) is 25.7 Å². The van der Waals surface area contributed by atoms with E-state index in [9.17, 15) is 27.7 Å². The highest BCUT2D eigenvalue weighted by molar-refractivity contribution is 6.76. The first kappa shape index (κ1) is 23.6. The average molecular weight is 451 g/mol. The summed E-state index contributed by atoms with van der Waals surface area (Å²) < 4.78 is 66.1. The number of benzene rings is 1. The molecule has 2 rings (SSSR count). The number of halogens is 4. The smallest absolute Gasteiger partial charge is 0.387 e. The van der Waals surface area contributed by atoms with Gasteiger partial charge in [-0.2, -0.15) is 22.7 Å². The Morgan fingerprint density at radius 2 is 1.83 bits per heavy atom. The third-order valence-electron chi connectivity index (χ3n) is 3.87. The largest absolute Gasteiger partial charge is 0.435 e. The van der Waals surface area contributed by atoms with Gasteiger partial charge in [-0.05, 0) is 24.2 Å². The predicted octanol–water partition coefficient (Wildman–Crippen LogP) is 4.97. The van der Waals surface area contributed by atoms with Gasteiger partial charge in [-0.3, -0.25) is 10.1 Å². The highest BCUT2D eigenvalue weighted by Crippen LogP contribution is 2.39. The quantitative estimate of drug-likeness (QED) is 0.158. The molecule has 0 saturated heterocycles. The van der Waals surface area contributed by atoms with Gasteiger partial charge in [-0.15, -0.1) is 0 Å². The van der Waals surface area contributed by atoms with Crippen molar-refractivity contribution < 1.29 is 36.7 Å². The van der Waals surface area contributed by atoms with Crippen molar-refractivity contribution in [1.29, 1.82) is 0 Å². The Hall–Kier alpha value is -2.67. The minimum Gasteiger partial charge on any atom is -0.435 e. The Bertz CT molecular complexity index is 874. The summed E-state index contributed by atoms with van der Waals surface area (Å²) >= 11 is 0. The van der Waals surface area contributed by atoms with Crippen LogP contribution in [0.25, 0.3) is 11.3 Å². The fraction of sp³-hybridized carbons (Fsp3) is 0.471. The second-order valence-corrected chi connectivity index (χ2v) is 13.0. The van der Waals surface area contributed by atoms with E-state index in [1.807, 2.05) is 0 Å². The van der Waals surface area contributed by atoms with Crippen molar-refractivity contribution in [3.8, 4) is 22.8 Å². The lowest BCUT2D eigenvalue weighted by atomic mass is 10.1. The summed E-state index contributed by atoms with van der Waals surface area (Å²) in [5.41, 5.74) is -1.02. The molecule has 0 radical (unpaired) electrons. The lowest BCUT2D eigenvalue weighted by Crippen LogP contribution is -2.22. The number of aromatic nitrogens is 2. The van der Waals surface area contributed by atoms with Crippen molar-refractivity contribution in [3.63, 3.8) is 0 Å². The zero-order valence-corrected chi connectivity index (χ0v) is 17.5. The summed E-state index contributed by atoms with van der Waals surface area (Å²) in [5, 5.41) is 15.3. The molecule has 0 aliphatic rings. The van der Waals surface area contributed by atoms with Crippen LogP contribution >= 0.6 is 0 Å². The number of rotatable bonds is 11. The fourth-order valence-corrected chi connectivity index (χ4v) is 3.24. The zero-order chi connectivity index (χ0) is 22.5. The van der Waals surface area contributed by atoms with Crippen LogP contribution in [-0.2, 0) is 11.5 Å². The number of nitrogens with zero attached hydrogens (tertiary/aromatic N) is 3. The minimum atomic E-state index is -3.24. The molecule has 2 aromatic rings. The molecule has 30 heavy (non-hydrogen) atoms. The van der Waals surface area contributed by atoms with Gasteiger partial charge in [-0.25, -0.2) is 4.68 Å². The molecule has 0 N–H and O–H groups in total. The van der Waals surface area contributed by atoms with Crippen LogP contribution in [0.3, 0.4) is 0 Å². The number of alkyl halides is 4. The van der Waals surface area contributed by atoms with Crippen LogP contribution in [0.5, 0.6) is 11.5 Å². The van der Waals surface area contributed by atoms with Gasteiger partial charge in [0.2, 0.25) is 0 Å². The molecule has 8 nitrogen and oxygen atoms in total. The van der Waals surface area contributed by atoms with E-state index in [-0.39, 0.29) is 23.7 Å². The fourth-order valence-electron chi connectivity index (χ4n) is 2.48. The van der Waals surface area contributed by atoms with Gasteiger partial charge in [0.25, 0.3) is 0 Å². The van der Waals surface area contributed by atoms with E-state index in [1.165, 1.54) is 0 Å². The van der Waals surface area contributed by atoms with E-state index in [2.05, 4.69) is 34.2 Å². The lowest BCUT2D eigenvalue weighted by molar-refractivity contribution is -0.384. The van der Waals surface area contributed by atoms with Crippen molar-refractivity contribution in [2.45, 2.75) is 45.6 Å². The van der Waals surface area contributed by atoms with E-state index < -0.39 is 37.7 Å². The van der Waals surface area contributed by atoms with E-state index in [0.29, 0.717) is 6.61 Å². The van der Waals surface area contributed by atoms with Crippen LogP contribution in [-0.4, -0.2) is 42.6 Å². The van der Waals surface area contributed by atoms with E-state index in [0.717, 1.165) is 35.1 Å². The first-order valence-electron chi connectivity index (χ1n) is 8.80. The Morgan fingerprint density at radius 3 is 2.40 bits per heavy atom. The molecular formula is C17H21F4N3O5Si. The third-order valence-corrected chi connectivity index (χ3v) is 5.58. The zero-order valence-electron chi connectivity index (χ0n) is 16.5. The van der Waals surface area contributed by atoms with Gasteiger partial charge in [-0.1, -0.05) is 19.6 Å². The summed E-state index contributed by atoms with van der Waals surface area (Å²) in [6.07, 6.45) is 0.921. The molecule has 0 saturated carbocycles. The van der Waals surface area contributed by atoms with Gasteiger partial charge in [0, 0.05) is 14.7 Å². The first-order valence-corrected chi connectivity index (χ1v) is 12.5. The number of nitro groups is 1. The molecule has 0 bridgehead atoms. The molecule has 0 fully saturated rings. The van der Waals surface area contributed by atoms with Crippen molar-refractivity contribution in [1.82, 2.24) is 9.78 Å². The molecule has 0 aliphatic carbocycles. The van der Waals surface area contributed by atoms with Gasteiger partial charge in [0.1, 0.15) is 24.4 Å². The Morgan fingerprint density at radius 1 is 1.17 bits per heavy atom. The maximum Gasteiger partial charge on any atom is 0.387 e. The molecule has 13 heteroatoms. The number of hydrogen-bond donors (Lipinski definition) is 0. The van der Waals surface area contributed by atoms with Gasteiger partial charge >= 0.3 is 18.9 Å². The maximum atomic E-state index is 12.8. The van der Waals surface area contributed by atoms with Crippen LogP contribution in [0.4, 0.5) is 23.2 Å². The van der Waals surface area contributed by atoms with Gasteiger partial charge < -0.3 is 14.2 Å². The summed E-state index contributed by atoms with van der Waals surface area (Å²) in [6, 6.07) is 3.73. The SMILES string of the molecule is C[Si](C)(C)CCOCn1ncc([N+](=O)[O-])c1-c1cc(OC(F)F)ccc1OC(F)F. The predicted molar refractivity (Wildman–Crippen MR) is 102 cm³/mol. The van der Waals surface area contributed by atoms with Crippen molar-refractivity contribution in [2.24, 2.45) is 0 Å². The summed E-state index contributed by atoms with van der Waals surface area (Å²) in [5.74, 6) is -0.845. The lowest BCUT2D eigenvalue weighted by Gasteiger charge is -2.16. The number of ether oxygens (including phenoxy) is 3. The van der Waals surface area contributed by atoms with Crippen molar-refractivity contribution in [3.05, 3.63) is 34.5 Å². The molecule has 166 valence electrons. The van der Waals surface area contributed by atoms with Crippen molar-refractivity contribution >= 4 is 13.8 Å². The molecular weight excluding hydrogens is 430 g/mol. The maximum absolute atomic E-state index is 12.8. The van der Waals surface area contributed by atoms with Crippen LogP contribution in [0.1, 0.15) is 0 Å². The van der Waals surface area contributed by atoms with Crippen LogP contribution in [0, 0.1) is 10.1 Å². The Balaban J connectivity index is 2.46. The molecule has 1 aromatic carbocycles. The molecule has 0 aliphatic heterocycles. The number of hydrogen-bond acceptors (Lipinski definition) is 6. The van der Waals surface area contributed by atoms with Crippen LogP contribution < -0.4 is 9.47 Å². The molecule has 0 atom stereocenters. The molecule has 0 spiro atoms. The normalized spacial score (nSPS) is 11.9. The average Bonchev–Trinajstić information content (AvgIpc) is 3.02. The highest BCUT2D eigenvalue weighted by atomic mass is 28.3. The monoisotopic (exact) mass is 451 g/mol. The Labute approximate surface area is 170 Å². The standard InChI is InChI=1S/C17H21F4N3O5Si/c1-30(2,3)7-6-27-10-23-15(13(9-22-23)24(25)26)12-8-11(28-16(18)19)4-5-14(12)29-17(20)21/h4-5,8-9,16-17H,6-7,10H2,1-3H3. The van der Waals surface area contributed by atoms with E-state index >= 15 is 0 Å². The second kappa shape index (κ2) is 9.89. The summed E-state index contributed by atoms with van der Waals surface area (Å²) in [7, 11) is -1.39. The van der Waals surface area contributed by atoms with E-state index in [4.69, 9.17) is 4.74 Å². The van der Waals surface area contributed by atoms with Gasteiger partial charge in [0.05, 0.1) is 10.5 Å². The van der Waals surface area contributed by atoms with Gasteiger partial charge in [0.15, 0.2) is 5.69 Å². The Kier molecular flexibility index (Phi) is 7.78. The molecule has 0 unspecified atom stereocenters. The molecule has 1 aromatic heterocycles. The highest BCUT2D eigenvalue weighted by Gasteiger charge is 2.27. The minimum absolute atomic E-state index is 0.207. The van der Waals surface area contributed by atoms with E-state index in [1.54, 1.807) is 0 Å². The third kappa shape index (κ3) is 6.69. The summed E-state index contributed by atoms with van der Waals surface area (Å²) in [6.45, 7) is 0.174. The summed E-state index contributed by atoms with van der Waals surface area (Å²) in [4.78, 5) is 10.7. The second-order valence-electron chi connectivity index (χ2n) is 7.40.